The fraction of sp³-hybridized carbons (Fsp3) is 0.391. The monoisotopic (exact) mass is 458 g/mol. The maximum atomic E-state index is 14.2. The molecular formula is C23H24F6N2O. The second-order valence-electron chi connectivity index (χ2n) is 7.46. The summed E-state index contributed by atoms with van der Waals surface area (Å²) in [5.74, 6) is 0. The zero-order valence-electron chi connectivity index (χ0n) is 17.4. The lowest BCUT2D eigenvalue weighted by Gasteiger charge is -2.38. The molecule has 1 N–H and O–H groups in total. The molecule has 1 aliphatic heterocycles. The Morgan fingerprint density at radius 1 is 0.938 bits per heavy atom. The molecule has 0 unspecified atom stereocenters. The van der Waals surface area contributed by atoms with E-state index in [0.717, 1.165) is 12.1 Å². The number of rotatable bonds is 6. The van der Waals surface area contributed by atoms with E-state index in [1.165, 1.54) is 36.4 Å². The van der Waals surface area contributed by atoms with Gasteiger partial charge in [-0.2, -0.15) is 26.3 Å². The molecule has 0 spiro atoms. The number of anilines is 1. The van der Waals surface area contributed by atoms with Crippen molar-refractivity contribution < 1.29 is 31.1 Å². The molecule has 174 valence electrons. The molecule has 0 bridgehead atoms. The molecule has 2 aromatic rings. The summed E-state index contributed by atoms with van der Waals surface area (Å²) in [6.45, 7) is 3.34. The van der Waals surface area contributed by atoms with Crippen LogP contribution in [0.2, 0.25) is 0 Å². The van der Waals surface area contributed by atoms with Gasteiger partial charge < -0.3 is 15.0 Å². The number of ether oxygens (including phenoxy) is 1. The summed E-state index contributed by atoms with van der Waals surface area (Å²) in [6, 6.07) is 10.6. The Morgan fingerprint density at radius 3 is 2.12 bits per heavy atom. The molecule has 0 atom stereocenters. The van der Waals surface area contributed by atoms with E-state index in [-0.39, 0.29) is 11.1 Å². The molecule has 0 aromatic heterocycles. The topological polar surface area (TPSA) is 24.5 Å². The van der Waals surface area contributed by atoms with Crippen LogP contribution >= 0.6 is 0 Å². The van der Waals surface area contributed by atoms with Gasteiger partial charge in [-0.3, -0.25) is 0 Å². The molecular weight excluding hydrogens is 434 g/mol. The highest BCUT2D eigenvalue weighted by Gasteiger charge is 2.73. The highest BCUT2D eigenvalue weighted by molar-refractivity contribution is 5.69. The van der Waals surface area contributed by atoms with Crippen molar-refractivity contribution in [3.63, 3.8) is 0 Å². The molecule has 1 heterocycles. The second-order valence-corrected chi connectivity index (χ2v) is 7.46. The first-order valence-electron chi connectivity index (χ1n) is 10.1. The van der Waals surface area contributed by atoms with Crippen molar-refractivity contribution in [1.29, 1.82) is 0 Å². The average molecular weight is 458 g/mol. The maximum absolute atomic E-state index is 14.2. The van der Waals surface area contributed by atoms with Crippen LogP contribution in [-0.4, -0.2) is 38.5 Å². The van der Waals surface area contributed by atoms with Crippen LogP contribution in [0.5, 0.6) is 0 Å². The van der Waals surface area contributed by atoms with Crippen LogP contribution in [0.4, 0.5) is 32.0 Å². The quantitative estimate of drug-likeness (QED) is 0.565. The third-order valence-electron chi connectivity index (χ3n) is 5.33. The lowest BCUT2D eigenvalue weighted by molar-refractivity contribution is -0.392. The van der Waals surface area contributed by atoms with E-state index < -0.39 is 30.1 Å². The van der Waals surface area contributed by atoms with Gasteiger partial charge in [0.2, 0.25) is 0 Å². The normalized spacial score (nSPS) is 16.0. The largest absolute Gasteiger partial charge is 0.430 e. The average Bonchev–Trinajstić information content (AvgIpc) is 2.74. The predicted molar refractivity (Wildman–Crippen MR) is 111 cm³/mol. The van der Waals surface area contributed by atoms with Crippen molar-refractivity contribution in [2.24, 2.45) is 0 Å². The van der Waals surface area contributed by atoms with Crippen LogP contribution in [0.25, 0.3) is 6.08 Å². The third-order valence-corrected chi connectivity index (χ3v) is 5.33. The van der Waals surface area contributed by atoms with Gasteiger partial charge in [0.05, 0.1) is 6.61 Å². The third kappa shape index (κ3) is 4.78. The summed E-state index contributed by atoms with van der Waals surface area (Å²) < 4.78 is 89.7. The van der Waals surface area contributed by atoms with Gasteiger partial charge in [-0.25, -0.2) is 0 Å². The van der Waals surface area contributed by atoms with Crippen molar-refractivity contribution in [1.82, 2.24) is 5.32 Å². The number of piperazine rings is 1. The zero-order chi connectivity index (χ0) is 23.4. The first kappa shape index (κ1) is 24.1. The number of benzene rings is 2. The maximum Gasteiger partial charge on any atom is 0.430 e. The summed E-state index contributed by atoms with van der Waals surface area (Å²) in [5, 5.41) is 3.17. The minimum absolute atomic E-state index is 0.205. The van der Waals surface area contributed by atoms with E-state index in [9.17, 15) is 26.3 Å². The Bertz CT molecular complexity index is 904. The van der Waals surface area contributed by atoms with E-state index in [1.54, 1.807) is 19.1 Å². The molecule has 9 heteroatoms. The molecule has 0 radical (unpaired) electrons. The zero-order valence-corrected chi connectivity index (χ0v) is 17.4. The summed E-state index contributed by atoms with van der Waals surface area (Å²) in [4.78, 5) is 1.93. The molecule has 1 fully saturated rings. The number of allylic oxidation sites excluding steroid dienone is 1. The van der Waals surface area contributed by atoms with Gasteiger partial charge in [0, 0.05) is 37.4 Å². The van der Waals surface area contributed by atoms with Gasteiger partial charge >= 0.3 is 12.4 Å². The summed E-state index contributed by atoms with van der Waals surface area (Å²) >= 11 is 0. The first-order valence-corrected chi connectivity index (χ1v) is 10.1. The van der Waals surface area contributed by atoms with Crippen LogP contribution in [0.1, 0.15) is 23.6 Å². The van der Waals surface area contributed by atoms with Gasteiger partial charge in [0.1, 0.15) is 0 Å². The van der Waals surface area contributed by atoms with Gasteiger partial charge in [0.25, 0.3) is 5.60 Å². The molecule has 3 rings (SSSR count). The Morgan fingerprint density at radius 2 is 1.56 bits per heavy atom. The van der Waals surface area contributed by atoms with E-state index in [0.29, 0.717) is 31.9 Å². The molecule has 3 nitrogen and oxygen atoms in total. The Kier molecular flexibility index (Phi) is 7.19. The van der Waals surface area contributed by atoms with Crippen LogP contribution in [-0.2, 0) is 16.9 Å². The van der Waals surface area contributed by atoms with Gasteiger partial charge in [0.15, 0.2) is 0 Å². The Balaban J connectivity index is 2.11. The predicted octanol–water partition coefficient (Wildman–Crippen LogP) is 5.67. The number of hydrogen-bond acceptors (Lipinski definition) is 3. The second kappa shape index (κ2) is 9.54. The van der Waals surface area contributed by atoms with Gasteiger partial charge in [-0.05, 0) is 30.2 Å². The number of hydrogen-bond donors (Lipinski definition) is 1. The molecule has 1 saturated heterocycles. The van der Waals surface area contributed by atoms with Crippen LogP contribution in [0, 0.1) is 0 Å². The molecule has 0 aliphatic carbocycles. The Labute approximate surface area is 182 Å². The molecule has 0 saturated carbocycles. The minimum atomic E-state index is -5.73. The smallest absolute Gasteiger partial charge is 0.369 e. The fourth-order valence-corrected chi connectivity index (χ4v) is 3.78. The lowest BCUT2D eigenvalue weighted by atomic mass is 9.89. The van der Waals surface area contributed by atoms with Crippen molar-refractivity contribution in [3.05, 3.63) is 71.3 Å². The number of nitrogens with one attached hydrogen (secondary N) is 1. The van der Waals surface area contributed by atoms with Gasteiger partial charge in [-0.15, -0.1) is 0 Å². The first-order chi connectivity index (χ1) is 15.1. The van der Waals surface area contributed by atoms with Crippen molar-refractivity contribution in [2.75, 3.05) is 31.1 Å². The highest BCUT2D eigenvalue weighted by Crippen LogP contribution is 2.53. The van der Waals surface area contributed by atoms with Crippen molar-refractivity contribution in [3.8, 4) is 0 Å². The van der Waals surface area contributed by atoms with Crippen LogP contribution < -0.4 is 10.2 Å². The molecule has 0 amide bonds. The summed E-state index contributed by atoms with van der Waals surface area (Å²) in [5.41, 5.74) is -4.41. The van der Waals surface area contributed by atoms with E-state index >= 15 is 0 Å². The van der Waals surface area contributed by atoms with Crippen LogP contribution in [0.3, 0.4) is 0 Å². The molecule has 32 heavy (non-hydrogen) atoms. The minimum Gasteiger partial charge on any atom is -0.369 e. The van der Waals surface area contributed by atoms with Crippen molar-refractivity contribution >= 4 is 11.8 Å². The van der Waals surface area contributed by atoms with Gasteiger partial charge in [-0.1, -0.05) is 48.6 Å². The fourth-order valence-electron chi connectivity index (χ4n) is 3.78. The Hall–Kier alpha value is -2.52. The van der Waals surface area contributed by atoms with Crippen molar-refractivity contribution in [2.45, 2.75) is 31.5 Å². The van der Waals surface area contributed by atoms with E-state index in [1.807, 2.05) is 4.90 Å². The number of halogens is 6. The van der Waals surface area contributed by atoms with Crippen LogP contribution in [0.15, 0.2) is 54.6 Å². The van der Waals surface area contributed by atoms with E-state index in [2.05, 4.69) is 5.32 Å². The SMILES string of the molecule is CC=Cc1cc(C(OCc2ccccc2)(C(F)(F)F)C(F)(F)F)ccc1N1CCNCC1. The standard InChI is InChI=1S/C23H24F6N2O/c1-2-6-18-15-19(9-10-20(18)31-13-11-30-12-14-31)21(22(24,25)26,23(27,28)29)32-16-17-7-4-3-5-8-17/h2-10,15,30H,11-14,16H2,1H3. The molecule has 2 aromatic carbocycles. The number of alkyl halides is 6. The molecule has 1 aliphatic rings. The summed E-state index contributed by atoms with van der Waals surface area (Å²) in [7, 11) is 0. The van der Waals surface area contributed by atoms with E-state index in [4.69, 9.17) is 4.74 Å². The number of nitrogens with zero attached hydrogens (tertiary/aromatic N) is 1. The lowest BCUT2D eigenvalue weighted by Crippen LogP contribution is -2.56. The highest BCUT2D eigenvalue weighted by atomic mass is 19.4. The summed E-state index contributed by atoms with van der Waals surface area (Å²) in [6.07, 6.45) is -8.37.